The molecule has 1 N–H and O–H groups in total. The zero-order chi connectivity index (χ0) is 19.0. The molecule has 0 amide bonds. The molecule has 7 heteroatoms. The van der Waals surface area contributed by atoms with Crippen LogP contribution in [0.15, 0.2) is 53.9 Å². The molecule has 2 aromatic carbocycles. The molecule has 0 atom stereocenters. The average Bonchev–Trinajstić information content (AvgIpc) is 3.26. The molecule has 0 unspecified atom stereocenters. The number of thiazole rings is 1. The van der Waals surface area contributed by atoms with Crippen molar-refractivity contribution in [3.8, 4) is 10.4 Å². The summed E-state index contributed by atoms with van der Waals surface area (Å²) in [5.41, 5.74) is 2.20. The van der Waals surface area contributed by atoms with Gasteiger partial charge in [0, 0.05) is 16.3 Å². The number of halogens is 1. The molecule has 0 radical (unpaired) electrons. The number of thiophene rings is 1. The summed E-state index contributed by atoms with van der Waals surface area (Å²) in [5, 5.41) is 12.4. The van der Waals surface area contributed by atoms with Gasteiger partial charge in [0.25, 0.3) is 0 Å². The van der Waals surface area contributed by atoms with Gasteiger partial charge in [-0.25, -0.2) is 9.78 Å². The summed E-state index contributed by atoms with van der Waals surface area (Å²) in [6.07, 6.45) is 0.00550. The number of hydrogen-bond donors (Lipinski definition) is 1. The van der Waals surface area contributed by atoms with Crippen molar-refractivity contribution in [2.45, 2.75) is 6.42 Å². The highest BCUT2D eigenvalue weighted by Gasteiger charge is 2.23. The minimum absolute atomic E-state index is 0.00550. The van der Waals surface area contributed by atoms with Gasteiger partial charge in [-0.05, 0) is 40.8 Å². The van der Waals surface area contributed by atoms with Gasteiger partial charge < -0.3 is 5.11 Å². The Morgan fingerprint density at radius 1 is 1.07 bits per heavy atom. The third-order valence-corrected chi connectivity index (χ3v) is 6.48. The second-order valence-corrected chi connectivity index (χ2v) is 8.21. The normalized spacial score (nSPS) is 11.0. The fraction of sp³-hybridized carbons (Fsp3) is 0.0500. The topological polar surface area (TPSA) is 67.3 Å². The van der Waals surface area contributed by atoms with E-state index >= 15 is 0 Å². The summed E-state index contributed by atoms with van der Waals surface area (Å²) in [4.78, 5) is 29.5. The minimum Gasteiger partial charge on any atom is -0.478 e. The van der Waals surface area contributed by atoms with Crippen LogP contribution in [-0.4, -0.2) is 21.8 Å². The van der Waals surface area contributed by atoms with E-state index in [1.54, 1.807) is 29.6 Å². The van der Waals surface area contributed by atoms with Crippen molar-refractivity contribution in [1.29, 1.82) is 0 Å². The number of Topliss-reactive ketones (excluding diaryl/α,β-unsaturated/α-hetero) is 1. The van der Waals surface area contributed by atoms with Crippen LogP contribution >= 0.6 is 34.3 Å². The number of para-hydroxylation sites is 1. The summed E-state index contributed by atoms with van der Waals surface area (Å²) in [7, 11) is 0. The molecule has 0 aliphatic heterocycles. The second-order valence-electron chi connectivity index (χ2n) is 5.86. The number of nitrogens with zero attached hydrogens (tertiary/aromatic N) is 1. The lowest BCUT2D eigenvalue weighted by molar-refractivity contribution is 0.0697. The van der Waals surface area contributed by atoms with Crippen LogP contribution in [-0.2, 0) is 6.42 Å². The second kappa shape index (κ2) is 7.23. The predicted octanol–water partition coefficient (Wildman–Crippen LogP) is 5.80. The first-order chi connectivity index (χ1) is 13.0. The SMILES string of the molecule is O=C(Cc1csc(-c2ccc(Cl)cc2)c1C(=O)O)c1nc2ccccc2s1. The lowest BCUT2D eigenvalue weighted by Crippen LogP contribution is -2.07. The van der Waals surface area contributed by atoms with Crippen LogP contribution in [0.2, 0.25) is 5.02 Å². The van der Waals surface area contributed by atoms with E-state index in [9.17, 15) is 14.7 Å². The van der Waals surface area contributed by atoms with Crippen molar-refractivity contribution in [3.63, 3.8) is 0 Å². The van der Waals surface area contributed by atoms with Crippen molar-refractivity contribution >= 4 is 56.2 Å². The van der Waals surface area contributed by atoms with E-state index in [0.717, 1.165) is 15.8 Å². The molecule has 134 valence electrons. The molecule has 4 aromatic rings. The van der Waals surface area contributed by atoms with Crippen LogP contribution < -0.4 is 0 Å². The number of hydrogen-bond acceptors (Lipinski definition) is 5. The number of carboxylic acids is 1. The summed E-state index contributed by atoms with van der Waals surface area (Å²) in [6, 6.07) is 14.5. The van der Waals surface area contributed by atoms with Gasteiger partial charge in [0.2, 0.25) is 0 Å². The number of carbonyl (C=O) groups is 2. The number of rotatable bonds is 5. The molecule has 0 aliphatic rings. The summed E-state index contributed by atoms with van der Waals surface area (Å²) in [6.45, 7) is 0. The smallest absolute Gasteiger partial charge is 0.337 e. The number of fused-ring (bicyclic) bond motifs is 1. The first-order valence-electron chi connectivity index (χ1n) is 8.01. The summed E-state index contributed by atoms with van der Waals surface area (Å²) < 4.78 is 0.937. The van der Waals surface area contributed by atoms with Crippen molar-refractivity contribution in [2.24, 2.45) is 0 Å². The number of carboxylic acid groups (broad SMARTS) is 1. The molecule has 4 rings (SSSR count). The van der Waals surface area contributed by atoms with Gasteiger partial charge in [-0.2, -0.15) is 0 Å². The third kappa shape index (κ3) is 3.51. The van der Waals surface area contributed by atoms with E-state index in [1.807, 2.05) is 24.3 Å². The molecule has 0 saturated heterocycles. The minimum atomic E-state index is -1.05. The van der Waals surface area contributed by atoms with Crippen LogP contribution in [0.25, 0.3) is 20.7 Å². The number of aromatic carboxylic acids is 1. The molecular weight excluding hydrogens is 402 g/mol. The maximum Gasteiger partial charge on any atom is 0.337 e. The fourth-order valence-electron chi connectivity index (χ4n) is 2.81. The van der Waals surface area contributed by atoms with Crippen LogP contribution in [0.3, 0.4) is 0 Å². The summed E-state index contributed by atoms with van der Waals surface area (Å²) >= 11 is 8.55. The fourth-order valence-corrected chi connectivity index (χ4v) is 4.91. The van der Waals surface area contributed by atoms with E-state index in [-0.39, 0.29) is 17.8 Å². The van der Waals surface area contributed by atoms with Crippen LogP contribution in [0, 0.1) is 0 Å². The Morgan fingerprint density at radius 2 is 1.81 bits per heavy atom. The molecule has 0 aliphatic carbocycles. The van der Waals surface area contributed by atoms with Crippen molar-refractivity contribution < 1.29 is 14.7 Å². The maximum absolute atomic E-state index is 12.7. The zero-order valence-electron chi connectivity index (χ0n) is 13.8. The molecule has 2 aromatic heterocycles. The van der Waals surface area contributed by atoms with E-state index in [0.29, 0.717) is 20.5 Å². The van der Waals surface area contributed by atoms with Crippen LogP contribution in [0.5, 0.6) is 0 Å². The lowest BCUT2D eigenvalue weighted by atomic mass is 10.0. The number of carbonyl (C=O) groups excluding carboxylic acids is 1. The van der Waals surface area contributed by atoms with Crippen molar-refractivity contribution in [2.75, 3.05) is 0 Å². The average molecular weight is 414 g/mol. The standard InChI is InChI=1S/C20H12ClNO3S2/c21-13-7-5-11(6-8-13)18-17(20(24)25)12(10-26-18)9-15(23)19-22-14-3-1-2-4-16(14)27-19/h1-8,10H,9H2,(H,24,25). The molecule has 27 heavy (non-hydrogen) atoms. The van der Waals surface area contributed by atoms with Crippen molar-refractivity contribution in [1.82, 2.24) is 4.98 Å². The highest BCUT2D eigenvalue weighted by atomic mass is 35.5. The molecular formula is C20H12ClNO3S2. The van der Waals surface area contributed by atoms with E-state index in [2.05, 4.69) is 4.98 Å². The highest BCUT2D eigenvalue weighted by molar-refractivity contribution is 7.20. The van der Waals surface area contributed by atoms with E-state index in [4.69, 9.17) is 11.6 Å². The molecule has 0 fully saturated rings. The Balaban J connectivity index is 1.68. The van der Waals surface area contributed by atoms with Crippen molar-refractivity contribution in [3.05, 3.63) is 75.1 Å². The number of aromatic nitrogens is 1. The first kappa shape index (κ1) is 17.9. The lowest BCUT2D eigenvalue weighted by Gasteiger charge is -2.03. The highest BCUT2D eigenvalue weighted by Crippen LogP contribution is 2.34. The molecule has 0 bridgehead atoms. The maximum atomic E-state index is 12.7. The van der Waals surface area contributed by atoms with E-state index in [1.165, 1.54) is 22.7 Å². The van der Waals surface area contributed by atoms with Gasteiger partial charge in [0.1, 0.15) is 0 Å². The Kier molecular flexibility index (Phi) is 4.78. The Bertz CT molecular complexity index is 1130. The van der Waals surface area contributed by atoms with Gasteiger partial charge in [-0.3, -0.25) is 4.79 Å². The van der Waals surface area contributed by atoms with E-state index < -0.39 is 5.97 Å². The Labute approximate surface area is 167 Å². The zero-order valence-corrected chi connectivity index (χ0v) is 16.2. The molecule has 0 spiro atoms. The number of ketones is 1. The van der Waals surface area contributed by atoms with Gasteiger partial charge in [0.05, 0.1) is 15.8 Å². The van der Waals surface area contributed by atoms with Crippen LogP contribution in [0.4, 0.5) is 0 Å². The van der Waals surface area contributed by atoms with Gasteiger partial charge >= 0.3 is 5.97 Å². The summed E-state index contributed by atoms with van der Waals surface area (Å²) in [5.74, 6) is -1.23. The number of benzene rings is 2. The monoisotopic (exact) mass is 413 g/mol. The Hall–Kier alpha value is -2.54. The Morgan fingerprint density at radius 3 is 2.52 bits per heavy atom. The third-order valence-electron chi connectivity index (χ3n) is 4.07. The van der Waals surface area contributed by atoms with Gasteiger partial charge in [0.15, 0.2) is 10.8 Å². The van der Waals surface area contributed by atoms with Crippen LogP contribution in [0.1, 0.15) is 25.7 Å². The largest absolute Gasteiger partial charge is 0.478 e. The van der Waals surface area contributed by atoms with Gasteiger partial charge in [-0.15, -0.1) is 22.7 Å². The first-order valence-corrected chi connectivity index (χ1v) is 10.1. The molecule has 4 nitrogen and oxygen atoms in total. The molecule has 2 heterocycles. The predicted molar refractivity (Wildman–Crippen MR) is 109 cm³/mol. The molecule has 0 saturated carbocycles. The quantitative estimate of drug-likeness (QED) is 0.420. The van der Waals surface area contributed by atoms with Gasteiger partial charge in [-0.1, -0.05) is 35.9 Å².